The first-order valence-electron chi connectivity index (χ1n) is 13.5. The van der Waals surface area contributed by atoms with Crippen molar-refractivity contribution in [3.63, 3.8) is 0 Å². The van der Waals surface area contributed by atoms with Gasteiger partial charge in [0.05, 0.1) is 56.9 Å². The number of hydrogen-bond donors (Lipinski definition) is 0. The molecule has 7 aromatic heterocycles. The fourth-order valence-corrected chi connectivity index (χ4v) is 4.66. The molecule has 0 saturated heterocycles. The molecule has 7 aromatic rings. The second-order valence-electron chi connectivity index (χ2n) is 9.52. The van der Waals surface area contributed by atoms with Crippen molar-refractivity contribution in [1.29, 1.82) is 0 Å². The Morgan fingerprint density at radius 3 is 1.02 bits per heavy atom. The lowest BCUT2D eigenvalue weighted by molar-refractivity contribution is 1.21. The highest BCUT2D eigenvalue weighted by atomic mass is 14.8. The first kappa shape index (κ1) is 25.0. The summed E-state index contributed by atoms with van der Waals surface area (Å²) in [6, 6.07) is 37.3. The van der Waals surface area contributed by atoms with Crippen LogP contribution in [-0.2, 0) is 0 Å². The zero-order valence-corrected chi connectivity index (χ0v) is 22.4. The molecule has 0 N–H and O–H groups in total. The number of rotatable bonds is 6. The summed E-state index contributed by atoms with van der Waals surface area (Å²) in [5.74, 6) is 0. The van der Waals surface area contributed by atoms with Crippen LogP contribution < -0.4 is 0 Å². The SMILES string of the molecule is c1ccc(-c2cccc(-c3cccc(-c4cncc(-c5cccc(-c6cccc(-c7ccccn7)n6)n5)c4)n3)n2)nc1. The Balaban J connectivity index is 1.19. The molecular formula is C35H23N7. The van der Waals surface area contributed by atoms with E-state index in [9.17, 15) is 0 Å². The average molecular weight is 542 g/mol. The van der Waals surface area contributed by atoms with Crippen molar-refractivity contribution in [2.24, 2.45) is 0 Å². The van der Waals surface area contributed by atoms with Gasteiger partial charge in [0.25, 0.3) is 0 Å². The highest BCUT2D eigenvalue weighted by Gasteiger charge is 2.11. The summed E-state index contributed by atoms with van der Waals surface area (Å²) in [4.78, 5) is 32.9. The van der Waals surface area contributed by atoms with E-state index in [0.29, 0.717) is 0 Å². The van der Waals surface area contributed by atoms with Crippen LogP contribution in [0.1, 0.15) is 0 Å². The first-order chi connectivity index (χ1) is 20.8. The van der Waals surface area contributed by atoms with Gasteiger partial charge in [-0.05, 0) is 78.9 Å². The van der Waals surface area contributed by atoms with Gasteiger partial charge in [0.2, 0.25) is 0 Å². The van der Waals surface area contributed by atoms with Crippen molar-refractivity contribution in [2.75, 3.05) is 0 Å². The molecular weight excluding hydrogens is 518 g/mol. The average Bonchev–Trinajstić information content (AvgIpc) is 3.09. The lowest BCUT2D eigenvalue weighted by atomic mass is 10.1. The largest absolute Gasteiger partial charge is 0.263 e. The van der Waals surface area contributed by atoms with E-state index >= 15 is 0 Å². The van der Waals surface area contributed by atoms with Gasteiger partial charge in [0, 0.05) is 35.9 Å². The van der Waals surface area contributed by atoms with Gasteiger partial charge >= 0.3 is 0 Å². The molecule has 7 heterocycles. The van der Waals surface area contributed by atoms with Crippen LogP contribution in [0.15, 0.2) is 140 Å². The predicted octanol–water partition coefficient (Wildman–Crippen LogP) is 7.45. The summed E-state index contributed by atoms with van der Waals surface area (Å²) in [7, 11) is 0. The minimum absolute atomic E-state index is 0.773. The van der Waals surface area contributed by atoms with E-state index in [0.717, 1.165) is 68.1 Å². The van der Waals surface area contributed by atoms with Gasteiger partial charge in [-0.1, -0.05) is 36.4 Å². The Hall–Kier alpha value is -5.95. The van der Waals surface area contributed by atoms with Crippen LogP contribution in [0.25, 0.3) is 68.1 Å². The third kappa shape index (κ3) is 5.26. The van der Waals surface area contributed by atoms with Crippen LogP contribution in [0.3, 0.4) is 0 Å². The lowest BCUT2D eigenvalue weighted by Crippen LogP contribution is -1.95. The van der Waals surface area contributed by atoms with Crippen LogP contribution in [0.5, 0.6) is 0 Å². The Bertz CT molecular complexity index is 1850. The van der Waals surface area contributed by atoms with Gasteiger partial charge in [-0.25, -0.2) is 19.9 Å². The molecule has 7 rings (SSSR count). The smallest absolute Gasteiger partial charge is 0.0894 e. The molecule has 0 saturated carbocycles. The van der Waals surface area contributed by atoms with E-state index in [2.05, 4.69) is 21.0 Å². The summed E-state index contributed by atoms with van der Waals surface area (Å²) in [5, 5.41) is 0. The lowest BCUT2D eigenvalue weighted by Gasteiger charge is -2.09. The molecule has 0 fully saturated rings. The Morgan fingerprint density at radius 2 is 0.643 bits per heavy atom. The van der Waals surface area contributed by atoms with Gasteiger partial charge in [0.1, 0.15) is 0 Å². The quantitative estimate of drug-likeness (QED) is 0.216. The zero-order chi connectivity index (χ0) is 28.1. The van der Waals surface area contributed by atoms with Crippen LogP contribution in [0.4, 0.5) is 0 Å². The second-order valence-corrected chi connectivity index (χ2v) is 9.52. The van der Waals surface area contributed by atoms with Crippen LogP contribution in [0.2, 0.25) is 0 Å². The first-order valence-corrected chi connectivity index (χ1v) is 13.5. The fraction of sp³-hybridized carbons (Fsp3) is 0. The monoisotopic (exact) mass is 541 g/mol. The van der Waals surface area contributed by atoms with Crippen molar-refractivity contribution in [1.82, 2.24) is 34.9 Å². The second kappa shape index (κ2) is 11.3. The van der Waals surface area contributed by atoms with Crippen molar-refractivity contribution in [2.45, 2.75) is 0 Å². The van der Waals surface area contributed by atoms with Crippen molar-refractivity contribution in [3.8, 4) is 68.1 Å². The maximum atomic E-state index is 4.93. The van der Waals surface area contributed by atoms with E-state index in [4.69, 9.17) is 19.9 Å². The summed E-state index contributed by atoms with van der Waals surface area (Å²) in [6.07, 6.45) is 7.16. The molecule has 0 atom stereocenters. The van der Waals surface area contributed by atoms with Gasteiger partial charge in [0.15, 0.2) is 0 Å². The number of hydrogen-bond acceptors (Lipinski definition) is 7. The van der Waals surface area contributed by atoms with E-state index in [1.54, 1.807) is 12.4 Å². The Morgan fingerprint density at radius 1 is 0.310 bits per heavy atom. The van der Waals surface area contributed by atoms with Crippen molar-refractivity contribution < 1.29 is 0 Å². The van der Waals surface area contributed by atoms with Crippen molar-refractivity contribution >= 4 is 0 Å². The van der Waals surface area contributed by atoms with Gasteiger partial charge in [-0.2, -0.15) is 0 Å². The molecule has 0 unspecified atom stereocenters. The van der Waals surface area contributed by atoms with Crippen molar-refractivity contribution in [3.05, 3.63) is 140 Å². The molecule has 0 amide bonds. The molecule has 0 bridgehead atoms. The predicted molar refractivity (Wildman–Crippen MR) is 164 cm³/mol. The minimum atomic E-state index is 0.773. The maximum absolute atomic E-state index is 4.93. The van der Waals surface area contributed by atoms with Crippen LogP contribution in [0, 0.1) is 0 Å². The zero-order valence-electron chi connectivity index (χ0n) is 22.4. The van der Waals surface area contributed by atoms with Crippen LogP contribution >= 0.6 is 0 Å². The Kier molecular flexibility index (Phi) is 6.72. The van der Waals surface area contributed by atoms with Gasteiger partial charge < -0.3 is 0 Å². The number of aromatic nitrogens is 7. The molecule has 0 spiro atoms. The summed E-state index contributed by atoms with van der Waals surface area (Å²) < 4.78 is 0. The van der Waals surface area contributed by atoms with E-state index in [1.807, 2.05) is 122 Å². The molecule has 0 aliphatic heterocycles. The third-order valence-electron chi connectivity index (χ3n) is 6.71. The molecule has 0 aromatic carbocycles. The molecule has 0 aliphatic carbocycles. The van der Waals surface area contributed by atoms with Gasteiger partial charge in [-0.15, -0.1) is 0 Å². The highest BCUT2D eigenvalue weighted by molar-refractivity contribution is 5.72. The van der Waals surface area contributed by atoms with Crippen LogP contribution in [-0.4, -0.2) is 34.9 Å². The summed E-state index contributed by atoms with van der Waals surface area (Å²) in [6.45, 7) is 0. The number of nitrogens with zero attached hydrogens (tertiary/aromatic N) is 7. The topological polar surface area (TPSA) is 90.2 Å². The van der Waals surface area contributed by atoms with E-state index in [-0.39, 0.29) is 0 Å². The number of pyridine rings is 7. The summed E-state index contributed by atoms with van der Waals surface area (Å²) in [5.41, 5.74) is 9.71. The third-order valence-corrected chi connectivity index (χ3v) is 6.71. The normalized spacial score (nSPS) is 10.9. The minimum Gasteiger partial charge on any atom is -0.263 e. The standard InChI is InChI=1S/C35H23N7/c1-3-19-37-28(9-1)30-13-7-17-34(41-30)32-15-5-11-26(39-32)24-21-25(23-36-22-24)27-12-6-16-33(40-27)35-18-8-14-31(42-35)29-10-2-4-20-38-29/h1-23H. The molecule has 0 radical (unpaired) electrons. The summed E-state index contributed by atoms with van der Waals surface area (Å²) >= 11 is 0. The van der Waals surface area contributed by atoms with E-state index in [1.165, 1.54) is 0 Å². The fourth-order valence-electron chi connectivity index (χ4n) is 4.66. The molecule has 7 nitrogen and oxygen atoms in total. The molecule has 42 heavy (non-hydrogen) atoms. The molecule has 0 aliphatic rings. The molecule has 7 heteroatoms. The highest BCUT2D eigenvalue weighted by Crippen LogP contribution is 2.28. The van der Waals surface area contributed by atoms with Gasteiger partial charge in [-0.3, -0.25) is 15.0 Å². The Labute approximate surface area is 242 Å². The molecule has 198 valence electrons. The van der Waals surface area contributed by atoms with E-state index < -0.39 is 0 Å². The maximum Gasteiger partial charge on any atom is 0.0894 e.